The molecule has 0 aliphatic heterocycles. The van der Waals surface area contributed by atoms with E-state index in [1.54, 1.807) is 6.07 Å². The second-order valence-electron chi connectivity index (χ2n) is 4.36. The van der Waals surface area contributed by atoms with Crippen molar-refractivity contribution in [1.29, 1.82) is 0 Å². The van der Waals surface area contributed by atoms with E-state index < -0.39 is 12.0 Å². The van der Waals surface area contributed by atoms with Crippen LogP contribution in [-0.2, 0) is 12.6 Å². The number of hydrogen-bond donors (Lipinski definition) is 1. The van der Waals surface area contributed by atoms with Gasteiger partial charge in [-0.3, -0.25) is 0 Å². The monoisotopic (exact) mass is 313 g/mol. The molecule has 2 N–H and O–H groups in total. The molecule has 0 saturated heterocycles. The molecule has 2 heterocycles. The van der Waals surface area contributed by atoms with Crippen LogP contribution in [0.15, 0.2) is 24.3 Å². The van der Waals surface area contributed by atoms with E-state index in [4.69, 9.17) is 5.73 Å². The molecule has 0 spiro atoms. The Morgan fingerprint density at radius 3 is 2.76 bits per heavy atom. The van der Waals surface area contributed by atoms with E-state index in [0.717, 1.165) is 27.0 Å². The number of hydrogen-bond acceptors (Lipinski definition) is 5. The summed E-state index contributed by atoms with van der Waals surface area (Å²) in [4.78, 5) is 0.113. The lowest BCUT2D eigenvalue weighted by Crippen LogP contribution is -2.11. The van der Waals surface area contributed by atoms with Crippen molar-refractivity contribution in [2.45, 2.75) is 12.6 Å². The van der Waals surface area contributed by atoms with Gasteiger partial charge in [0.2, 0.25) is 4.96 Å². The lowest BCUT2D eigenvalue weighted by Gasteiger charge is -2.02. The van der Waals surface area contributed by atoms with Crippen LogP contribution in [0.5, 0.6) is 0 Å². The molecule has 9 heteroatoms. The average Bonchev–Trinajstić information content (AvgIpc) is 2.97. The third-order valence-corrected chi connectivity index (χ3v) is 3.80. The summed E-state index contributed by atoms with van der Waals surface area (Å²) < 4.78 is 39.0. The highest BCUT2D eigenvalue weighted by Gasteiger charge is 2.38. The van der Waals surface area contributed by atoms with Gasteiger partial charge in [-0.15, -0.1) is 10.2 Å². The highest BCUT2D eigenvalue weighted by atomic mass is 32.1. The molecule has 0 radical (unpaired) electrons. The first-order valence-corrected chi connectivity index (χ1v) is 6.89. The van der Waals surface area contributed by atoms with Crippen LogP contribution in [0, 0.1) is 0 Å². The summed E-state index contributed by atoms with van der Waals surface area (Å²) in [5.74, 6) is -1.11. The van der Waals surface area contributed by atoms with Crippen LogP contribution >= 0.6 is 11.3 Å². The molecule has 0 unspecified atom stereocenters. The fourth-order valence-corrected chi connectivity index (χ4v) is 2.77. The van der Waals surface area contributed by atoms with Crippen molar-refractivity contribution >= 4 is 16.3 Å². The Hall–Kier alpha value is -2.00. The van der Waals surface area contributed by atoms with Gasteiger partial charge in [-0.25, -0.2) is 0 Å². The Bertz CT molecular complexity index is 777. The third-order valence-electron chi connectivity index (χ3n) is 2.85. The molecule has 110 valence electrons. The molecule has 0 bridgehead atoms. The first-order chi connectivity index (χ1) is 9.99. The molecular weight excluding hydrogens is 303 g/mol. The minimum atomic E-state index is -4.58. The summed E-state index contributed by atoms with van der Waals surface area (Å²) in [7, 11) is 0. The predicted molar refractivity (Wildman–Crippen MR) is 71.9 cm³/mol. The van der Waals surface area contributed by atoms with Crippen molar-refractivity contribution in [2.24, 2.45) is 5.73 Å². The average molecular weight is 313 g/mol. The fourth-order valence-electron chi connectivity index (χ4n) is 1.94. The number of nitrogens with two attached hydrogens (primary N) is 1. The van der Waals surface area contributed by atoms with Gasteiger partial charge in [0.1, 0.15) is 5.01 Å². The van der Waals surface area contributed by atoms with Gasteiger partial charge in [0.25, 0.3) is 5.82 Å². The standard InChI is InChI=1S/C12H10F3N5S/c13-12(14,15)10-17-18-11-20(10)19-9(21-11)8-3-1-2-7(6-8)4-5-16/h1-3,6H,4-5,16H2. The molecule has 1 aromatic carbocycles. The summed E-state index contributed by atoms with van der Waals surface area (Å²) in [5.41, 5.74) is 7.25. The fraction of sp³-hybridized carbons (Fsp3) is 0.250. The van der Waals surface area contributed by atoms with Gasteiger partial charge in [-0.1, -0.05) is 29.5 Å². The maximum atomic E-state index is 12.8. The Morgan fingerprint density at radius 2 is 2.05 bits per heavy atom. The minimum Gasteiger partial charge on any atom is -0.330 e. The Balaban J connectivity index is 2.05. The van der Waals surface area contributed by atoms with Gasteiger partial charge in [-0.05, 0) is 24.6 Å². The zero-order valence-corrected chi connectivity index (χ0v) is 11.4. The molecule has 0 aliphatic carbocycles. The van der Waals surface area contributed by atoms with E-state index >= 15 is 0 Å². The van der Waals surface area contributed by atoms with Crippen LogP contribution in [-0.4, -0.2) is 26.4 Å². The van der Waals surface area contributed by atoms with Gasteiger partial charge >= 0.3 is 6.18 Å². The lowest BCUT2D eigenvalue weighted by molar-refractivity contribution is -0.146. The van der Waals surface area contributed by atoms with E-state index in [9.17, 15) is 13.2 Å². The van der Waals surface area contributed by atoms with Crippen LogP contribution in [0.4, 0.5) is 13.2 Å². The zero-order chi connectivity index (χ0) is 15.0. The Labute approximate surface area is 121 Å². The highest BCUT2D eigenvalue weighted by molar-refractivity contribution is 7.19. The number of nitrogens with zero attached hydrogens (tertiary/aromatic N) is 4. The van der Waals surface area contributed by atoms with Crippen LogP contribution in [0.2, 0.25) is 0 Å². The maximum absolute atomic E-state index is 12.8. The zero-order valence-electron chi connectivity index (χ0n) is 10.6. The second-order valence-corrected chi connectivity index (χ2v) is 5.32. The van der Waals surface area contributed by atoms with E-state index in [0.29, 0.717) is 18.0 Å². The molecule has 0 saturated carbocycles. The van der Waals surface area contributed by atoms with E-state index in [2.05, 4.69) is 15.3 Å². The number of benzene rings is 1. The smallest absolute Gasteiger partial charge is 0.330 e. The van der Waals surface area contributed by atoms with Gasteiger partial charge in [0.05, 0.1) is 0 Å². The topological polar surface area (TPSA) is 69.1 Å². The minimum absolute atomic E-state index is 0.113. The SMILES string of the molecule is NCCc1cccc(-c2nn3c(C(F)(F)F)nnc3s2)c1. The molecule has 0 atom stereocenters. The number of rotatable bonds is 3. The van der Waals surface area contributed by atoms with Crippen LogP contribution in [0.3, 0.4) is 0 Å². The largest absolute Gasteiger partial charge is 0.453 e. The van der Waals surface area contributed by atoms with E-state index in [1.807, 2.05) is 18.2 Å². The van der Waals surface area contributed by atoms with Crippen molar-refractivity contribution in [1.82, 2.24) is 19.8 Å². The van der Waals surface area contributed by atoms with Gasteiger partial charge in [0.15, 0.2) is 0 Å². The quantitative estimate of drug-likeness (QED) is 0.806. The maximum Gasteiger partial charge on any atom is 0.453 e. The summed E-state index contributed by atoms with van der Waals surface area (Å²) >= 11 is 1.06. The van der Waals surface area contributed by atoms with Crippen molar-refractivity contribution in [3.63, 3.8) is 0 Å². The van der Waals surface area contributed by atoms with Crippen molar-refractivity contribution in [3.8, 4) is 10.6 Å². The first-order valence-electron chi connectivity index (χ1n) is 6.08. The van der Waals surface area contributed by atoms with Crippen LogP contribution < -0.4 is 5.73 Å². The van der Waals surface area contributed by atoms with Gasteiger partial charge in [-0.2, -0.15) is 22.8 Å². The van der Waals surface area contributed by atoms with Crippen molar-refractivity contribution in [3.05, 3.63) is 35.7 Å². The normalized spacial score (nSPS) is 12.2. The van der Waals surface area contributed by atoms with E-state index in [-0.39, 0.29) is 4.96 Å². The molecule has 0 aliphatic rings. The first kappa shape index (κ1) is 14.0. The van der Waals surface area contributed by atoms with E-state index in [1.165, 1.54) is 0 Å². The molecule has 2 aromatic heterocycles. The Morgan fingerprint density at radius 1 is 1.24 bits per heavy atom. The van der Waals surface area contributed by atoms with Gasteiger partial charge < -0.3 is 5.73 Å². The Kier molecular flexibility index (Phi) is 3.38. The molecule has 3 rings (SSSR count). The lowest BCUT2D eigenvalue weighted by atomic mass is 10.1. The van der Waals surface area contributed by atoms with Crippen LogP contribution in [0.25, 0.3) is 15.5 Å². The molecule has 0 amide bonds. The summed E-state index contributed by atoms with van der Waals surface area (Å²) in [5, 5.41) is 11.1. The molecule has 0 fully saturated rings. The highest BCUT2D eigenvalue weighted by Crippen LogP contribution is 2.31. The van der Waals surface area contributed by atoms with Crippen molar-refractivity contribution < 1.29 is 13.2 Å². The summed E-state index contributed by atoms with van der Waals surface area (Å²) in [6.45, 7) is 0.507. The summed E-state index contributed by atoms with van der Waals surface area (Å²) in [6.07, 6.45) is -3.88. The van der Waals surface area contributed by atoms with Crippen LogP contribution in [0.1, 0.15) is 11.4 Å². The number of alkyl halides is 3. The number of fused-ring (bicyclic) bond motifs is 1. The van der Waals surface area contributed by atoms with Gasteiger partial charge in [0, 0.05) is 5.56 Å². The molecule has 5 nitrogen and oxygen atoms in total. The van der Waals surface area contributed by atoms with Crippen molar-refractivity contribution in [2.75, 3.05) is 6.54 Å². The molecule has 21 heavy (non-hydrogen) atoms. The molecular formula is C12H10F3N5S. The number of aromatic nitrogens is 4. The predicted octanol–water partition coefficient (Wildman–Crippen LogP) is 2.37. The summed E-state index contributed by atoms with van der Waals surface area (Å²) in [6, 6.07) is 7.40. The molecule has 3 aromatic rings. The number of halogens is 3. The second kappa shape index (κ2) is 5.08. The third kappa shape index (κ3) is 2.61.